The number of hydrogen-bond donors (Lipinski definition) is 3. The molecule has 0 aliphatic heterocycles. The summed E-state index contributed by atoms with van der Waals surface area (Å²) in [5.41, 5.74) is 3.76. The maximum Gasteiger partial charge on any atom is 0.416 e. The molecule has 2 aromatic rings. The molecule has 8 nitrogen and oxygen atoms in total. The highest BCUT2D eigenvalue weighted by Gasteiger charge is 2.30. The molecule has 0 aliphatic carbocycles. The number of carboxylic acid groups (broad SMARTS) is 1. The highest BCUT2D eigenvalue weighted by atomic mass is 32.2. The van der Waals surface area contributed by atoms with Crippen molar-refractivity contribution in [1.29, 1.82) is 0 Å². The number of alkyl halides is 3. The Morgan fingerprint density at radius 2 is 2.07 bits per heavy atom. The fourth-order valence-corrected chi connectivity index (χ4v) is 3.17. The number of aromatic nitrogens is 2. The Labute approximate surface area is 160 Å². The number of aliphatic carboxylic acids is 1. The summed E-state index contributed by atoms with van der Waals surface area (Å²) in [6.45, 7) is 1.14. The fraction of sp³-hybridized carbons (Fsp3) is 0.250. The van der Waals surface area contributed by atoms with Crippen LogP contribution in [0.1, 0.15) is 12.5 Å². The Kier molecular flexibility index (Phi) is 6.33. The Morgan fingerprint density at radius 1 is 1.39 bits per heavy atom. The number of carbonyl (C=O) groups excluding carboxylic acids is 1. The summed E-state index contributed by atoms with van der Waals surface area (Å²) in [6, 6.07) is 2.73. The van der Waals surface area contributed by atoms with Gasteiger partial charge in [0.15, 0.2) is 0 Å². The lowest BCUT2D eigenvalue weighted by atomic mass is 10.2. The van der Waals surface area contributed by atoms with Crippen LogP contribution in [0.4, 0.5) is 18.9 Å². The SMILES string of the molecule is CC(=O)N[C@@H](CSc1c(N)cnn(-c2cccc(C(F)(F)F)c2)c1=O)C(=O)O. The molecule has 1 heterocycles. The number of thioether (sulfide) groups is 1. The smallest absolute Gasteiger partial charge is 0.416 e. The van der Waals surface area contributed by atoms with Crippen molar-refractivity contribution in [1.82, 2.24) is 15.1 Å². The molecular formula is C16H15F3N4O4S. The molecule has 0 aliphatic rings. The summed E-state index contributed by atoms with van der Waals surface area (Å²) >= 11 is 0.755. The Balaban J connectivity index is 2.38. The Hall–Kier alpha value is -3.02. The molecule has 0 spiro atoms. The Bertz CT molecular complexity index is 962. The number of rotatable bonds is 6. The minimum atomic E-state index is -4.60. The van der Waals surface area contributed by atoms with E-state index in [0.717, 1.165) is 47.8 Å². The zero-order valence-corrected chi connectivity index (χ0v) is 15.2. The molecule has 1 aromatic carbocycles. The van der Waals surface area contributed by atoms with E-state index >= 15 is 0 Å². The number of halogens is 3. The van der Waals surface area contributed by atoms with Gasteiger partial charge in [-0.2, -0.15) is 23.0 Å². The van der Waals surface area contributed by atoms with E-state index in [1.165, 1.54) is 6.07 Å². The molecular weight excluding hydrogens is 401 g/mol. The van der Waals surface area contributed by atoms with Crippen molar-refractivity contribution in [3.8, 4) is 5.69 Å². The Morgan fingerprint density at radius 3 is 2.64 bits per heavy atom. The van der Waals surface area contributed by atoms with E-state index in [2.05, 4.69) is 10.4 Å². The zero-order chi connectivity index (χ0) is 21.1. The third-order valence-corrected chi connectivity index (χ3v) is 4.65. The lowest BCUT2D eigenvalue weighted by Gasteiger charge is -2.14. The number of nitrogen functional groups attached to an aromatic ring is 1. The maximum atomic E-state index is 12.9. The molecule has 28 heavy (non-hydrogen) atoms. The molecule has 4 N–H and O–H groups in total. The number of nitrogens with zero attached hydrogens (tertiary/aromatic N) is 2. The van der Waals surface area contributed by atoms with E-state index in [1.54, 1.807) is 0 Å². The van der Waals surface area contributed by atoms with E-state index in [9.17, 15) is 27.6 Å². The number of carbonyl (C=O) groups is 2. The molecule has 1 amide bonds. The maximum absolute atomic E-state index is 12.9. The van der Waals surface area contributed by atoms with Gasteiger partial charge in [-0.3, -0.25) is 9.59 Å². The average Bonchev–Trinajstić information content (AvgIpc) is 2.59. The first kappa shape index (κ1) is 21.3. The van der Waals surface area contributed by atoms with Crippen LogP contribution < -0.4 is 16.6 Å². The molecule has 0 fully saturated rings. The number of anilines is 1. The van der Waals surface area contributed by atoms with E-state index in [0.29, 0.717) is 0 Å². The molecule has 2 rings (SSSR count). The summed E-state index contributed by atoms with van der Waals surface area (Å²) in [4.78, 5) is 34.8. The van der Waals surface area contributed by atoms with Gasteiger partial charge in [0.25, 0.3) is 5.56 Å². The van der Waals surface area contributed by atoms with Crippen LogP contribution in [0, 0.1) is 0 Å². The van der Waals surface area contributed by atoms with Gasteiger partial charge in [0.1, 0.15) is 6.04 Å². The van der Waals surface area contributed by atoms with E-state index in [-0.39, 0.29) is 22.0 Å². The van der Waals surface area contributed by atoms with Crippen LogP contribution in [0.15, 0.2) is 40.2 Å². The number of carboxylic acids is 1. The number of hydrogen-bond acceptors (Lipinski definition) is 6. The van der Waals surface area contributed by atoms with Gasteiger partial charge in [0, 0.05) is 12.7 Å². The first-order chi connectivity index (χ1) is 13.0. The average molecular weight is 416 g/mol. The van der Waals surface area contributed by atoms with Crippen molar-refractivity contribution in [2.45, 2.75) is 24.0 Å². The van der Waals surface area contributed by atoms with E-state index in [1.807, 2.05) is 0 Å². The van der Waals surface area contributed by atoms with E-state index < -0.39 is 35.2 Å². The van der Waals surface area contributed by atoms with Crippen LogP contribution in [-0.2, 0) is 15.8 Å². The van der Waals surface area contributed by atoms with Crippen LogP contribution in [0.25, 0.3) is 5.69 Å². The van der Waals surface area contributed by atoms with Gasteiger partial charge < -0.3 is 16.2 Å². The van der Waals surface area contributed by atoms with Gasteiger partial charge in [-0.1, -0.05) is 6.07 Å². The number of nitrogens with one attached hydrogen (secondary N) is 1. The van der Waals surface area contributed by atoms with Crippen molar-refractivity contribution in [3.63, 3.8) is 0 Å². The summed E-state index contributed by atoms with van der Waals surface area (Å²) < 4.78 is 39.4. The van der Waals surface area contributed by atoms with Crippen LogP contribution in [0.5, 0.6) is 0 Å². The number of benzene rings is 1. The van der Waals surface area contributed by atoms with Gasteiger partial charge in [-0.15, -0.1) is 11.8 Å². The summed E-state index contributed by atoms with van der Waals surface area (Å²) in [5, 5.41) is 15.1. The van der Waals surface area contributed by atoms with Gasteiger partial charge in [-0.05, 0) is 18.2 Å². The second-order valence-corrected chi connectivity index (χ2v) is 6.63. The molecule has 0 saturated heterocycles. The molecule has 150 valence electrons. The van der Waals surface area contributed by atoms with Gasteiger partial charge in [0.2, 0.25) is 5.91 Å². The molecule has 0 saturated carbocycles. The van der Waals surface area contributed by atoms with Crippen LogP contribution in [0.2, 0.25) is 0 Å². The van der Waals surface area contributed by atoms with Crippen molar-refractivity contribution in [2.24, 2.45) is 0 Å². The molecule has 0 unspecified atom stereocenters. The van der Waals surface area contributed by atoms with Gasteiger partial charge in [-0.25, -0.2) is 4.79 Å². The largest absolute Gasteiger partial charge is 0.480 e. The number of amides is 1. The molecule has 1 atom stereocenters. The first-order valence-electron chi connectivity index (χ1n) is 7.69. The first-order valence-corrected chi connectivity index (χ1v) is 8.67. The quantitative estimate of drug-likeness (QED) is 0.609. The predicted molar refractivity (Wildman–Crippen MR) is 95.2 cm³/mol. The lowest BCUT2D eigenvalue weighted by Crippen LogP contribution is -2.41. The van der Waals surface area contributed by atoms with Crippen molar-refractivity contribution in [3.05, 3.63) is 46.4 Å². The molecule has 0 radical (unpaired) electrons. The van der Waals surface area contributed by atoms with Crippen LogP contribution >= 0.6 is 11.8 Å². The van der Waals surface area contributed by atoms with Crippen molar-refractivity contribution >= 4 is 29.3 Å². The predicted octanol–water partition coefficient (Wildman–Crippen LogP) is 1.51. The van der Waals surface area contributed by atoms with Crippen LogP contribution in [0.3, 0.4) is 0 Å². The van der Waals surface area contributed by atoms with Crippen molar-refractivity contribution < 1.29 is 27.9 Å². The fourth-order valence-electron chi connectivity index (χ4n) is 2.18. The second-order valence-electron chi connectivity index (χ2n) is 5.60. The van der Waals surface area contributed by atoms with Crippen molar-refractivity contribution in [2.75, 3.05) is 11.5 Å². The topological polar surface area (TPSA) is 127 Å². The third-order valence-electron chi connectivity index (χ3n) is 3.45. The molecule has 0 bridgehead atoms. The lowest BCUT2D eigenvalue weighted by molar-refractivity contribution is -0.140. The normalized spacial score (nSPS) is 12.4. The molecule has 1 aromatic heterocycles. The van der Waals surface area contributed by atoms with Gasteiger partial charge in [0.05, 0.1) is 28.0 Å². The summed E-state index contributed by atoms with van der Waals surface area (Å²) in [7, 11) is 0. The minimum Gasteiger partial charge on any atom is -0.480 e. The monoisotopic (exact) mass is 416 g/mol. The molecule has 12 heteroatoms. The standard InChI is InChI=1S/C16H15F3N4O4S/c1-8(24)22-12(15(26)27)7-28-13-11(20)6-21-23(14(13)25)10-4-2-3-9(5-10)16(17,18)19/h2-6,12H,7,20H2,1H3,(H,22,24)(H,26,27)/t12-/m0/s1. The highest BCUT2D eigenvalue weighted by Crippen LogP contribution is 2.30. The summed E-state index contributed by atoms with van der Waals surface area (Å²) in [5.74, 6) is -2.10. The zero-order valence-electron chi connectivity index (χ0n) is 14.4. The summed E-state index contributed by atoms with van der Waals surface area (Å²) in [6.07, 6.45) is -3.52. The second kappa shape index (κ2) is 8.33. The van der Waals surface area contributed by atoms with Gasteiger partial charge >= 0.3 is 12.1 Å². The van der Waals surface area contributed by atoms with Crippen LogP contribution in [-0.4, -0.2) is 38.6 Å². The van der Waals surface area contributed by atoms with E-state index in [4.69, 9.17) is 10.8 Å². The third kappa shape index (κ3) is 5.03. The number of nitrogens with two attached hydrogens (primary N) is 1. The minimum absolute atomic E-state index is 0.0646. The highest BCUT2D eigenvalue weighted by molar-refractivity contribution is 7.99.